The van der Waals surface area contributed by atoms with Crippen LogP contribution in [0.2, 0.25) is 0 Å². The summed E-state index contributed by atoms with van der Waals surface area (Å²) in [6.07, 6.45) is 0. The van der Waals surface area contributed by atoms with Gasteiger partial charge in [-0.1, -0.05) is 11.2 Å². The fraction of sp³-hybridized carbons (Fsp3) is 0.231. The molecule has 100 valence electrons. The zero-order valence-electron chi connectivity index (χ0n) is 10.4. The number of nitrogens with zero attached hydrogens (tertiary/aromatic N) is 1. The molecule has 0 bridgehead atoms. The molecule has 1 aromatic heterocycles. The number of aryl methyl sites for hydroxylation is 2. The maximum Gasteiger partial charge on any atom is 0.339 e. The van der Waals surface area contributed by atoms with Crippen LogP contribution in [-0.4, -0.2) is 16.2 Å². The van der Waals surface area contributed by atoms with Crippen molar-refractivity contribution in [2.45, 2.75) is 20.5 Å². The molecular weight excluding hydrogens is 314 g/mol. The Morgan fingerprint density at radius 1 is 1.47 bits per heavy atom. The number of halogens is 1. The molecule has 0 atom stereocenters. The average molecular weight is 326 g/mol. The quantitative estimate of drug-likeness (QED) is 0.933. The van der Waals surface area contributed by atoms with Crippen molar-refractivity contribution >= 4 is 21.9 Å². The maximum atomic E-state index is 11.1. The molecule has 6 heteroatoms. The SMILES string of the molecule is Cc1noc(C)c1COc1c(Br)cccc1C(=O)O. The summed E-state index contributed by atoms with van der Waals surface area (Å²) in [6, 6.07) is 4.88. The summed E-state index contributed by atoms with van der Waals surface area (Å²) in [7, 11) is 0. The van der Waals surface area contributed by atoms with Crippen molar-refractivity contribution in [1.29, 1.82) is 0 Å². The minimum Gasteiger partial charge on any atom is -0.487 e. The number of carboxylic acid groups (broad SMARTS) is 1. The predicted octanol–water partition coefficient (Wildman–Crippen LogP) is 3.33. The van der Waals surface area contributed by atoms with E-state index < -0.39 is 5.97 Å². The molecule has 0 aliphatic heterocycles. The van der Waals surface area contributed by atoms with Crippen molar-refractivity contribution in [2.75, 3.05) is 0 Å². The summed E-state index contributed by atoms with van der Waals surface area (Å²) in [5.74, 6) is -0.0634. The highest BCUT2D eigenvalue weighted by Gasteiger charge is 2.16. The lowest BCUT2D eigenvalue weighted by Crippen LogP contribution is -2.05. The highest BCUT2D eigenvalue weighted by atomic mass is 79.9. The topological polar surface area (TPSA) is 72.6 Å². The second kappa shape index (κ2) is 5.44. The summed E-state index contributed by atoms with van der Waals surface area (Å²) < 4.78 is 11.2. The van der Waals surface area contributed by atoms with E-state index in [4.69, 9.17) is 14.4 Å². The maximum absolute atomic E-state index is 11.1. The number of aromatic nitrogens is 1. The first kappa shape index (κ1) is 13.6. The smallest absolute Gasteiger partial charge is 0.339 e. The van der Waals surface area contributed by atoms with E-state index in [1.165, 1.54) is 6.07 Å². The van der Waals surface area contributed by atoms with E-state index in [2.05, 4.69) is 21.1 Å². The Kier molecular flexibility index (Phi) is 3.90. The number of para-hydroxylation sites is 1. The number of ether oxygens (including phenoxy) is 1. The van der Waals surface area contributed by atoms with Crippen LogP contribution in [0.5, 0.6) is 5.75 Å². The largest absolute Gasteiger partial charge is 0.487 e. The Hall–Kier alpha value is -1.82. The van der Waals surface area contributed by atoms with Gasteiger partial charge in [0.25, 0.3) is 0 Å². The van der Waals surface area contributed by atoms with Crippen molar-refractivity contribution in [2.24, 2.45) is 0 Å². The monoisotopic (exact) mass is 325 g/mol. The van der Waals surface area contributed by atoms with Gasteiger partial charge in [-0.3, -0.25) is 0 Å². The lowest BCUT2D eigenvalue weighted by Gasteiger charge is -2.10. The third-order valence-electron chi connectivity index (χ3n) is 2.74. The lowest BCUT2D eigenvalue weighted by molar-refractivity contribution is 0.0691. The molecule has 0 radical (unpaired) electrons. The Bertz CT molecular complexity index is 602. The van der Waals surface area contributed by atoms with Gasteiger partial charge in [0.05, 0.1) is 15.7 Å². The molecule has 0 amide bonds. The first-order valence-electron chi connectivity index (χ1n) is 5.57. The third kappa shape index (κ3) is 2.78. The second-order valence-corrected chi connectivity index (χ2v) is 4.87. The van der Waals surface area contributed by atoms with Gasteiger partial charge in [-0.25, -0.2) is 4.79 Å². The fourth-order valence-electron chi connectivity index (χ4n) is 1.68. The van der Waals surface area contributed by atoms with Crippen LogP contribution in [0.1, 0.15) is 27.4 Å². The molecular formula is C13H12BrNO4. The van der Waals surface area contributed by atoms with E-state index >= 15 is 0 Å². The summed E-state index contributed by atoms with van der Waals surface area (Å²) >= 11 is 3.29. The van der Waals surface area contributed by atoms with Crippen LogP contribution < -0.4 is 4.74 Å². The number of carbonyl (C=O) groups is 1. The van der Waals surface area contributed by atoms with Gasteiger partial charge in [-0.2, -0.15) is 0 Å². The Morgan fingerprint density at radius 3 is 2.79 bits per heavy atom. The van der Waals surface area contributed by atoms with Crippen LogP contribution in [0.15, 0.2) is 27.2 Å². The van der Waals surface area contributed by atoms with Crippen molar-refractivity contribution in [1.82, 2.24) is 5.16 Å². The third-order valence-corrected chi connectivity index (χ3v) is 3.36. The van der Waals surface area contributed by atoms with E-state index in [0.717, 1.165) is 11.3 Å². The van der Waals surface area contributed by atoms with Crippen LogP contribution in [0, 0.1) is 13.8 Å². The van der Waals surface area contributed by atoms with Crippen molar-refractivity contribution in [3.8, 4) is 5.75 Å². The van der Waals surface area contributed by atoms with Crippen LogP contribution in [0.25, 0.3) is 0 Å². The highest BCUT2D eigenvalue weighted by Crippen LogP contribution is 2.30. The van der Waals surface area contributed by atoms with Crippen molar-refractivity contribution in [3.63, 3.8) is 0 Å². The Morgan fingerprint density at radius 2 is 2.21 bits per heavy atom. The van der Waals surface area contributed by atoms with Crippen molar-refractivity contribution < 1.29 is 19.2 Å². The highest BCUT2D eigenvalue weighted by molar-refractivity contribution is 9.10. The summed E-state index contributed by atoms with van der Waals surface area (Å²) in [5.41, 5.74) is 1.68. The molecule has 0 unspecified atom stereocenters. The lowest BCUT2D eigenvalue weighted by atomic mass is 10.2. The molecule has 0 aliphatic carbocycles. The number of rotatable bonds is 4. The van der Waals surface area contributed by atoms with Gasteiger partial charge in [0.2, 0.25) is 0 Å². The van der Waals surface area contributed by atoms with Crippen LogP contribution >= 0.6 is 15.9 Å². The van der Waals surface area contributed by atoms with Crippen molar-refractivity contribution in [3.05, 3.63) is 45.3 Å². The molecule has 1 heterocycles. The minimum atomic E-state index is -1.03. The number of hydrogen-bond donors (Lipinski definition) is 1. The number of benzene rings is 1. The molecule has 0 saturated carbocycles. The van der Waals surface area contributed by atoms with Gasteiger partial charge in [-0.15, -0.1) is 0 Å². The van der Waals surface area contributed by atoms with Gasteiger partial charge >= 0.3 is 5.97 Å². The Balaban J connectivity index is 2.27. The van der Waals surface area contributed by atoms with Crippen LogP contribution in [0.3, 0.4) is 0 Å². The van der Waals surface area contributed by atoms with Crippen LogP contribution in [0.4, 0.5) is 0 Å². The molecule has 19 heavy (non-hydrogen) atoms. The molecule has 5 nitrogen and oxygen atoms in total. The Labute approximate surface area is 118 Å². The van der Waals surface area contributed by atoms with E-state index in [1.807, 2.05) is 6.92 Å². The molecule has 0 aliphatic rings. The summed E-state index contributed by atoms with van der Waals surface area (Å²) in [6.45, 7) is 3.81. The zero-order valence-corrected chi connectivity index (χ0v) is 12.0. The zero-order chi connectivity index (χ0) is 14.0. The van der Waals surface area contributed by atoms with Gasteiger partial charge < -0.3 is 14.4 Å². The standard InChI is InChI=1S/C13H12BrNO4/c1-7-10(8(2)19-15-7)6-18-12-9(13(16)17)4-3-5-11(12)14/h3-5H,6H2,1-2H3,(H,16,17). The second-order valence-electron chi connectivity index (χ2n) is 4.01. The van der Waals surface area contributed by atoms with E-state index in [9.17, 15) is 4.79 Å². The number of aromatic carboxylic acids is 1. The fourth-order valence-corrected chi connectivity index (χ4v) is 2.16. The summed E-state index contributed by atoms with van der Waals surface area (Å²) in [4.78, 5) is 11.1. The van der Waals surface area contributed by atoms with Gasteiger partial charge in [0.1, 0.15) is 23.7 Å². The number of carboxylic acids is 1. The molecule has 2 aromatic rings. The molecule has 0 spiro atoms. The predicted molar refractivity (Wildman–Crippen MR) is 71.4 cm³/mol. The van der Waals surface area contributed by atoms with Gasteiger partial charge in [0.15, 0.2) is 0 Å². The van der Waals surface area contributed by atoms with E-state index in [0.29, 0.717) is 16.0 Å². The average Bonchev–Trinajstić information content (AvgIpc) is 2.67. The molecule has 1 N–H and O–H groups in total. The normalized spacial score (nSPS) is 10.5. The molecule has 0 fully saturated rings. The molecule has 0 saturated heterocycles. The van der Waals surface area contributed by atoms with Crippen LogP contribution in [-0.2, 0) is 6.61 Å². The van der Waals surface area contributed by atoms with E-state index in [1.54, 1.807) is 19.1 Å². The van der Waals surface area contributed by atoms with Gasteiger partial charge in [-0.05, 0) is 41.9 Å². The van der Waals surface area contributed by atoms with E-state index in [-0.39, 0.29) is 12.2 Å². The van der Waals surface area contributed by atoms with Gasteiger partial charge in [0, 0.05) is 0 Å². The first-order chi connectivity index (χ1) is 9.00. The molecule has 1 aromatic carbocycles. The molecule has 2 rings (SSSR count). The minimum absolute atomic E-state index is 0.112. The first-order valence-corrected chi connectivity index (χ1v) is 6.36. The summed E-state index contributed by atoms with van der Waals surface area (Å²) in [5, 5.41) is 13.0. The number of hydrogen-bond acceptors (Lipinski definition) is 4.